The highest BCUT2D eigenvalue weighted by atomic mass is 16.5. The molecule has 0 aliphatic carbocycles. The molecule has 1 rings (SSSR count). The van der Waals surface area contributed by atoms with Gasteiger partial charge in [0.1, 0.15) is 23.7 Å². The summed E-state index contributed by atoms with van der Waals surface area (Å²) in [7, 11) is 1.62. The Morgan fingerprint density at radius 3 is 2.35 bits per heavy atom. The lowest BCUT2D eigenvalue weighted by Gasteiger charge is -2.23. The Kier molecular flexibility index (Phi) is 5.25. The zero-order valence-corrected chi connectivity index (χ0v) is 10.7. The predicted octanol–water partition coefficient (Wildman–Crippen LogP) is 1.43. The van der Waals surface area contributed by atoms with Crippen LogP contribution >= 0.6 is 0 Å². The number of hydrogen-bond acceptors (Lipinski definition) is 4. The molecule has 0 spiro atoms. The number of benzene rings is 1. The highest BCUT2D eigenvalue weighted by Gasteiger charge is 2.20. The van der Waals surface area contributed by atoms with Crippen molar-refractivity contribution < 1.29 is 14.6 Å². The Balaban J connectivity index is 2.43. The topological polar surface area (TPSA) is 50.7 Å². The van der Waals surface area contributed by atoms with Gasteiger partial charge in [-0.25, -0.2) is 0 Å². The third-order valence-electron chi connectivity index (χ3n) is 2.37. The summed E-state index contributed by atoms with van der Waals surface area (Å²) < 4.78 is 10.6. The van der Waals surface area contributed by atoms with Crippen molar-refractivity contribution in [1.29, 1.82) is 0 Å². The van der Waals surface area contributed by atoms with E-state index >= 15 is 0 Å². The van der Waals surface area contributed by atoms with Crippen molar-refractivity contribution in [3.05, 3.63) is 24.3 Å². The van der Waals surface area contributed by atoms with Crippen LogP contribution in [0.4, 0.5) is 0 Å². The molecule has 1 unspecified atom stereocenters. The lowest BCUT2D eigenvalue weighted by molar-refractivity contribution is 0.0127. The monoisotopic (exact) mass is 239 g/mol. The summed E-state index contributed by atoms with van der Waals surface area (Å²) in [6.45, 7) is 5.35. The van der Waals surface area contributed by atoms with Crippen molar-refractivity contribution in [1.82, 2.24) is 5.32 Å². The molecule has 1 aromatic carbocycles. The molecule has 1 atom stereocenters. The average molecular weight is 239 g/mol. The normalized spacial score (nSPS) is 14.1. The molecule has 0 aliphatic heterocycles. The van der Waals surface area contributed by atoms with Crippen molar-refractivity contribution in [2.45, 2.75) is 19.4 Å². The number of hydrogen-bond donors (Lipinski definition) is 2. The second kappa shape index (κ2) is 6.47. The van der Waals surface area contributed by atoms with Gasteiger partial charge in [0.25, 0.3) is 0 Å². The van der Waals surface area contributed by atoms with Crippen LogP contribution in [0.1, 0.15) is 13.8 Å². The molecule has 2 N–H and O–H groups in total. The van der Waals surface area contributed by atoms with E-state index in [0.29, 0.717) is 6.54 Å². The number of rotatable bonds is 7. The van der Waals surface area contributed by atoms with E-state index < -0.39 is 5.60 Å². The summed E-state index contributed by atoms with van der Waals surface area (Å²) in [6, 6.07) is 7.30. The zero-order chi connectivity index (χ0) is 12.7. The van der Waals surface area contributed by atoms with Gasteiger partial charge in [-0.3, -0.25) is 0 Å². The van der Waals surface area contributed by atoms with E-state index in [1.807, 2.05) is 31.2 Å². The van der Waals surface area contributed by atoms with Crippen molar-refractivity contribution in [3.8, 4) is 11.5 Å². The third kappa shape index (κ3) is 5.06. The summed E-state index contributed by atoms with van der Waals surface area (Å²) in [4.78, 5) is 0. The van der Waals surface area contributed by atoms with Crippen LogP contribution in [0.3, 0.4) is 0 Å². The number of methoxy groups -OCH3 is 1. The SMILES string of the molecule is CCNCC(C)(O)COc1ccc(OC)cc1. The Hall–Kier alpha value is -1.26. The fraction of sp³-hybridized carbons (Fsp3) is 0.538. The number of ether oxygens (including phenoxy) is 2. The molecule has 1 aromatic rings. The van der Waals surface area contributed by atoms with E-state index in [4.69, 9.17) is 9.47 Å². The first kappa shape index (κ1) is 13.8. The first-order chi connectivity index (χ1) is 8.07. The molecular weight excluding hydrogens is 218 g/mol. The van der Waals surface area contributed by atoms with Crippen molar-refractivity contribution in [2.24, 2.45) is 0 Å². The maximum atomic E-state index is 10.00. The van der Waals surface area contributed by atoms with E-state index in [1.54, 1.807) is 14.0 Å². The molecule has 0 aliphatic rings. The molecule has 0 aromatic heterocycles. The predicted molar refractivity (Wildman–Crippen MR) is 67.7 cm³/mol. The lowest BCUT2D eigenvalue weighted by atomic mass is 10.1. The first-order valence-electron chi connectivity index (χ1n) is 5.77. The molecule has 4 nitrogen and oxygen atoms in total. The van der Waals surface area contributed by atoms with Gasteiger partial charge in [-0.1, -0.05) is 6.92 Å². The third-order valence-corrected chi connectivity index (χ3v) is 2.37. The summed E-state index contributed by atoms with van der Waals surface area (Å²) in [6.07, 6.45) is 0. The van der Waals surface area contributed by atoms with Gasteiger partial charge in [-0.05, 0) is 37.7 Å². The number of nitrogens with one attached hydrogen (secondary N) is 1. The quantitative estimate of drug-likeness (QED) is 0.756. The molecule has 0 radical (unpaired) electrons. The van der Waals surface area contributed by atoms with Gasteiger partial charge in [0.05, 0.1) is 7.11 Å². The van der Waals surface area contributed by atoms with Gasteiger partial charge in [0.15, 0.2) is 0 Å². The number of likely N-dealkylation sites (N-methyl/N-ethyl adjacent to an activating group) is 1. The molecule has 0 amide bonds. The minimum Gasteiger partial charge on any atom is -0.497 e. The van der Waals surface area contributed by atoms with Crippen LogP contribution in [0.2, 0.25) is 0 Å². The van der Waals surface area contributed by atoms with Crippen molar-refractivity contribution in [3.63, 3.8) is 0 Å². The molecule has 4 heteroatoms. The Bertz CT molecular complexity index is 322. The fourth-order valence-corrected chi connectivity index (χ4v) is 1.36. The largest absolute Gasteiger partial charge is 0.497 e. The molecule has 0 saturated carbocycles. The van der Waals surface area contributed by atoms with Gasteiger partial charge < -0.3 is 19.9 Å². The summed E-state index contributed by atoms with van der Waals surface area (Å²) in [5, 5.41) is 13.1. The van der Waals surface area contributed by atoms with Crippen molar-refractivity contribution in [2.75, 3.05) is 26.8 Å². The smallest absolute Gasteiger partial charge is 0.119 e. The summed E-state index contributed by atoms with van der Waals surface area (Å²) >= 11 is 0. The summed E-state index contributed by atoms with van der Waals surface area (Å²) in [5.41, 5.74) is -0.865. The molecular formula is C13H21NO3. The summed E-state index contributed by atoms with van der Waals surface area (Å²) in [5.74, 6) is 1.51. The molecule has 0 heterocycles. The van der Waals surface area contributed by atoms with Crippen LogP contribution in [0.5, 0.6) is 11.5 Å². The van der Waals surface area contributed by atoms with E-state index in [0.717, 1.165) is 18.0 Å². The highest BCUT2D eigenvalue weighted by Crippen LogP contribution is 2.18. The Labute approximate surface area is 103 Å². The standard InChI is InChI=1S/C13H21NO3/c1-4-14-9-13(2,15)10-17-12-7-5-11(16-3)6-8-12/h5-8,14-15H,4,9-10H2,1-3H3. The molecule has 0 fully saturated rings. The van der Waals surface area contributed by atoms with E-state index in [-0.39, 0.29) is 6.61 Å². The molecule has 0 saturated heterocycles. The van der Waals surface area contributed by atoms with Crippen LogP contribution in [-0.2, 0) is 0 Å². The van der Waals surface area contributed by atoms with Crippen LogP contribution in [-0.4, -0.2) is 37.5 Å². The Morgan fingerprint density at radius 2 is 1.82 bits per heavy atom. The Morgan fingerprint density at radius 1 is 1.24 bits per heavy atom. The van der Waals surface area contributed by atoms with E-state index in [2.05, 4.69) is 5.32 Å². The van der Waals surface area contributed by atoms with Gasteiger partial charge in [0, 0.05) is 6.54 Å². The van der Waals surface area contributed by atoms with Crippen LogP contribution in [0.25, 0.3) is 0 Å². The van der Waals surface area contributed by atoms with Crippen LogP contribution < -0.4 is 14.8 Å². The first-order valence-corrected chi connectivity index (χ1v) is 5.77. The molecule has 17 heavy (non-hydrogen) atoms. The maximum absolute atomic E-state index is 10.00. The minimum absolute atomic E-state index is 0.256. The second-order valence-electron chi connectivity index (χ2n) is 4.24. The van der Waals surface area contributed by atoms with Gasteiger partial charge in [-0.2, -0.15) is 0 Å². The highest BCUT2D eigenvalue weighted by molar-refractivity contribution is 5.31. The fourth-order valence-electron chi connectivity index (χ4n) is 1.36. The molecule has 96 valence electrons. The zero-order valence-electron chi connectivity index (χ0n) is 10.7. The van der Waals surface area contributed by atoms with Gasteiger partial charge in [0.2, 0.25) is 0 Å². The van der Waals surface area contributed by atoms with E-state index in [1.165, 1.54) is 0 Å². The minimum atomic E-state index is -0.865. The number of aliphatic hydroxyl groups is 1. The van der Waals surface area contributed by atoms with Crippen molar-refractivity contribution >= 4 is 0 Å². The van der Waals surface area contributed by atoms with Crippen LogP contribution in [0, 0.1) is 0 Å². The lowest BCUT2D eigenvalue weighted by Crippen LogP contribution is -2.42. The van der Waals surface area contributed by atoms with Gasteiger partial charge in [-0.15, -0.1) is 0 Å². The molecule has 0 bridgehead atoms. The second-order valence-corrected chi connectivity index (χ2v) is 4.24. The van der Waals surface area contributed by atoms with Gasteiger partial charge >= 0.3 is 0 Å². The van der Waals surface area contributed by atoms with Crippen LogP contribution in [0.15, 0.2) is 24.3 Å². The average Bonchev–Trinajstić information content (AvgIpc) is 2.35. The van der Waals surface area contributed by atoms with E-state index in [9.17, 15) is 5.11 Å². The maximum Gasteiger partial charge on any atom is 0.119 e.